The molecule has 6 nitrogen and oxygen atoms in total. The molecule has 2 fully saturated rings. The van der Waals surface area contributed by atoms with Gasteiger partial charge in [-0.05, 0) is 74.2 Å². The van der Waals surface area contributed by atoms with Crippen molar-refractivity contribution in [2.75, 3.05) is 13.1 Å². The minimum absolute atomic E-state index is 0.0504. The molecule has 30 heavy (non-hydrogen) atoms. The Morgan fingerprint density at radius 1 is 1.03 bits per heavy atom. The maximum Gasteiger partial charge on any atom is 0.265 e. The fourth-order valence-corrected chi connectivity index (χ4v) is 6.73. The third kappa shape index (κ3) is 3.99. The van der Waals surface area contributed by atoms with Crippen LogP contribution in [0.5, 0.6) is 0 Å². The van der Waals surface area contributed by atoms with E-state index in [1.54, 1.807) is 29.7 Å². The van der Waals surface area contributed by atoms with Crippen molar-refractivity contribution in [3.63, 3.8) is 0 Å². The first-order valence-corrected chi connectivity index (χ1v) is 12.1. The molecule has 1 aliphatic heterocycles. The molecule has 1 saturated heterocycles. The van der Waals surface area contributed by atoms with Gasteiger partial charge in [0.1, 0.15) is 5.82 Å². The van der Waals surface area contributed by atoms with Crippen molar-refractivity contribution >= 4 is 27.5 Å². The molecule has 9 heteroatoms. The van der Waals surface area contributed by atoms with Crippen molar-refractivity contribution in [1.82, 2.24) is 10.4 Å². The Hall–Kier alpha value is -1.94. The summed E-state index contributed by atoms with van der Waals surface area (Å²) < 4.78 is 38.3. The zero-order chi connectivity index (χ0) is 21.4. The van der Waals surface area contributed by atoms with E-state index in [-0.39, 0.29) is 23.6 Å². The Balaban J connectivity index is 1.57. The maximum atomic E-state index is 13.5. The number of hydrogen-bond donors (Lipinski definition) is 2. The van der Waals surface area contributed by atoms with Crippen LogP contribution in [0, 0.1) is 5.82 Å². The van der Waals surface area contributed by atoms with Gasteiger partial charge >= 0.3 is 0 Å². The average Bonchev–Trinajstić information content (AvgIpc) is 3.60. The molecule has 0 spiro atoms. The third-order valence-corrected chi connectivity index (χ3v) is 9.41. The number of nitrogens with one attached hydrogen (secondary N) is 1. The van der Waals surface area contributed by atoms with Gasteiger partial charge in [0.2, 0.25) is 0 Å². The van der Waals surface area contributed by atoms with Crippen molar-refractivity contribution < 1.29 is 22.8 Å². The summed E-state index contributed by atoms with van der Waals surface area (Å²) in [4.78, 5) is 16.4. The SMILES string of the molecule is O=C(NO)C1(S(=O)(=O)c2ccc(Sc3ccc(F)cc3)cc2)CCN(C2CC2)CC1. The number of benzene rings is 2. The van der Waals surface area contributed by atoms with Crippen LogP contribution in [0.15, 0.2) is 63.2 Å². The Kier molecular flexibility index (Phi) is 5.89. The second-order valence-electron chi connectivity index (χ2n) is 7.73. The lowest BCUT2D eigenvalue weighted by Crippen LogP contribution is -2.58. The van der Waals surface area contributed by atoms with Gasteiger partial charge in [-0.1, -0.05) is 11.8 Å². The Morgan fingerprint density at radius 2 is 1.57 bits per heavy atom. The van der Waals surface area contributed by atoms with Gasteiger partial charge < -0.3 is 4.90 Å². The van der Waals surface area contributed by atoms with E-state index >= 15 is 0 Å². The van der Waals surface area contributed by atoms with E-state index in [4.69, 9.17) is 0 Å². The summed E-state index contributed by atoms with van der Waals surface area (Å²) in [5.41, 5.74) is 1.59. The topological polar surface area (TPSA) is 86.7 Å². The van der Waals surface area contributed by atoms with Gasteiger partial charge in [-0.3, -0.25) is 10.0 Å². The Bertz CT molecular complexity index is 1010. The van der Waals surface area contributed by atoms with Crippen LogP contribution < -0.4 is 5.48 Å². The maximum absolute atomic E-state index is 13.5. The highest BCUT2D eigenvalue weighted by Crippen LogP contribution is 2.40. The molecule has 1 heterocycles. The summed E-state index contributed by atoms with van der Waals surface area (Å²) >= 11 is 1.38. The normalized spacial score (nSPS) is 19.4. The van der Waals surface area contributed by atoms with E-state index in [0.29, 0.717) is 19.1 Å². The minimum Gasteiger partial charge on any atom is -0.300 e. The van der Waals surface area contributed by atoms with Crippen LogP contribution in [0.3, 0.4) is 0 Å². The van der Waals surface area contributed by atoms with Crippen LogP contribution in [0.1, 0.15) is 25.7 Å². The van der Waals surface area contributed by atoms with Gasteiger partial charge in [-0.25, -0.2) is 18.3 Å². The fraction of sp³-hybridized carbons (Fsp3) is 0.381. The van der Waals surface area contributed by atoms with Crippen LogP contribution in [0.2, 0.25) is 0 Å². The van der Waals surface area contributed by atoms with E-state index in [1.807, 2.05) is 0 Å². The van der Waals surface area contributed by atoms with E-state index in [1.165, 1.54) is 36.0 Å². The number of halogens is 1. The van der Waals surface area contributed by atoms with Crippen LogP contribution in [-0.4, -0.2) is 48.3 Å². The molecule has 2 aromatic rings. The van der Waals surface area contributed by atoms with Crippen molar-refractivity contribution in [2.24, 2.45) is 0 Å². The van der Waals surface area contributed by atoms with Gasteiger partial charge in [0.05, 0.1) is 4.90 Å². The quantitative estimate of drug-likeness (QED) is 0.519. The van der Waals surface area contributed by atoms with Crippen molar-refractivity contribution in [3.8, 4) is 0 Å². The van der Waals surface area contributed by atoms with Crippen molar-refractivity contribution in [2.45, 2.75) is 51.2 Å². The third-order valence-electron chi connectivity index (χ3n) is 5.88. The molecule has 0 aromatic heterocycles. The fourth-order valence-electron chi connectivity index (χ4n) is 3.96. The van der Waals surface area contributed by atoms with Gasteiger partial charge in [0.15, 0.2) is 14.6 Å². The summed E-state index contributed by atoms with van der Waals surface area (Å²) in [7, 11) is -4.02. The van der Waals surface area contributed by atoms with E-state index in [2.05, 4.69) is 4.90 Å². The lowest BCUT2D eigenvalue weighted by molar-refractivity contribution is -0.133. The first kappa shape index (κ1) is 21.3. The molecule has 2 N–H and O–H groups in total. The van der Waals surface area contributed by atoms with Crippen molar-refractivity contribution in [3.05, 3.63) is 54.3 Å². The van der Waals surface area contributed by atoms with Gasteiger partial charge in [-0.2, -0.15) is 0 Å². The van der Waals surface area contributed by atoms with Gasteiger partial charge in [0.25, 0.3) is 5.91 Å². The number of rotatable bonds is 6. The largest absolute Gasteiger partial charge is 0.300 e. The lowest BCUT2D eigenvalue weighted by atomic mass is 9.94. The second-order valence-corrected chi connectivity index (χ2v) is 11.1. The van der Waals surface area contributed by atoms with E-state index in [0.717, 1.165) is 22.6 Å². The summed E-state index contributed by atoms with van der Waals surface area (Å²) in [6.07, 6.45) is 2.51. The molecule has 0 bridgehead atoms. The highest BCUT2D eigenvalue weighted by molar-refractivity contribution is 7.99. The molecule has 4 rings (SSSR count). The average molecular weight is 451 g/mol. The molecule has 0 unspecified atom stereocenters. The number of carbonyl (C=O) groups excluding carboxylic acids is 1. The smallest absolute Gasteiger partial charge is 0.265 e. The highest BCUT2D eigenvalue weighted by atomic mass is 32.2. The standard InChI is InChI=1S/C21H23FN2O4S2/c22-15-1-5-17(6-2-15)29-18-7-9-19(10-8-18)30(27,28)21(20(25)23-26)11-13-24(14-12-21)16-3-4-16/h1-2,5-10,16,26H,3-4,11-14H2,(H,23,25). The first-order chi connectivity index (χ1) is 14.4. The molecule has 160 valence electrons. The Labute approximate surface area is 179 Å². The molecule has 1 saturated carbocycles. The van der Waals surface area contributed by atoms with E-state index in [9.17, 15) is 22.8 Å². The molecule has 0 atom stereocenters. The predicted molar refractivity (Wildman–Crippen MR) is 111 cm³/mol. The minimum atomic E-state index is -4.02. The van der Waals surface area contributed by atoms with Crippen LogP contribution in [-0.2, 0) is 14.6 Å². The molecular formula is C21H23FN2O4S2. The number of amides is 1. The number of carbonyl (C=O) groups is 1. The summed E-state index contributed by atoms with van der Waals surface area (Å²) in [5, 5.41) is 9.27. The molecule has 0 radical (unpaired) electrons. The summed E-state index contributed by atoms with van der Waals surface area (Å²) in [6, 6.07) is 12.8. The van der Waals surface area contributed by atoms with Crippen LogP contribution in [0.25, 0.3) is 0 Å². The van der Waals surface area contributed by atoms with Crippen LogP contribution in [0.4, 0.5) is 4.39 Å². The zero-order valence-corrected chi connectivity index (χ0v) is 17.9. The number of hydroxylamine groups is 1. The lowest BCUT2D eigenvalue weighted by Gasteiger charge is -2.39. The highest BCUT2D eigenvalue weighted by Gasteiger charge is 2.53. The molecule has 2 aliphatic rings. The van der Waals surface area contributed by atoms with Gasteiger partial charge in [-0.15, -0.1) is 0 Å². The molecule has 1 amide bonds. The first-order valence-electron chi connectivity index (χ1n) is 9.82. The van der Waals surface area contributed by atoms with Crippen molar-refractivity contribution in [1.29, 1.82) is 0 Å². The Morgan fingerprint density at radius 3 is 2.07 bits per heavy atom. The number of sulfone groups is 1. The number of nitrogens with zero attached hydrogens (tertiary/aromatic N) is 1. The molecule has 1 aliphatic carbocycles. The number of hydrogen-bond acceptors (Lipinski definition) is 6. The van der Waals surface area contributed by atoms with E-state index < -0.39 is 20.5 Å². The molecule has 2 aromatic carbocycles. The summed E-state index contributed by atoms with van der Waals surface area (Å²) in [6.45, 7) is 1.02. The number of piperidine rings is 1. The number of likely N-dealkylation sites (tertiary alicyclic amines) is 1. The predicted octanol–water partition coefficient (Wildman–Crippen LogP) is 3.25. The molecular weight excluding hydrogens is 427 g/mol. The summed E-state index contributed by atoms with van der Waals surface area (Å²) in [5.74, 6) is -1.19. The van der Waals surface area contributed by atoms with Crippen LogP contribution >= 0.6 is 11.8 Å². The second kappa shape index (κ2) is 8.30. The zero-order valence-electron chi connectivity index (χ0n) is 16.3. The van der Waals surface area contributed by atoms with Gasteiger partial charge in [0, 0.05) is 28.9 Å². The monoisotopic (exact) mass is 450 g/mol.